The van der Waals surface area contributed by atoms with Crippen LogP contribution in [0.4, 0.5) is 11.4 Å². The summed E-state index contributed by atoms with van der Waals surface area (Å²) < 4.78 is 0.994. The van der Waals surface area contributed by atoms with Crippen LogP contribution in [0.25, 0.3) is 0 Å². The number of nitrogens with zero attached hydrogens (tertiary/aromatic N) is 2. The minimum Gasteiger partial charge on any atom is -0.345 e. The van der Waals surface area contributed by atoms with Crippen LogP contribution in [0, 0.1) is 11.3 Å². The molecule has 2 rings (SSSR count). The molecule has 20 heavy (non-hydrogen) atoms. The molecule has 0 aliphatic carbocycles. The summed E-state index contributed by atoms with van der Waals surface area (Å²) in [5.41, 5.74) is 9.65. The molecule has 0 spiro atoms. The molecular weight excluding hydrogens is 314 g/mol. The summed E-state index contributed by atoms with van der Waals surface area (Å²) in [6.45, 7) is 1.96. The second-order valence-electron chi connectivity index (χ2n) is 4.72. The summed E-state index contributed by atoms with van der Waals surface area (Å²) in [6.07, 6.45) is 0. The van der Waals surface area contributed by atoms with Gasteiger partial charge in [0.1, 0.15) is 0 Å². The second kappa shape index (κ2) is 6.08. The Morgan fingerprint density at radius 3 is 2.50 bits per heavy atom. The third kappa shape index (κ3) is 3.01. The van der Waals surface area contributed by atoms with Crippen molar-refractivity contribution in [3.63, 3.8) is 0 Å². The molecule has 2 aromatic rings. The number of benzene rings is 2. The van der Waals surface area contributed by atoms with Crippen molar-refractivity contribution in [2.75, 3.05) is 11.9 Å². The van der Waals surface area contributed by atoms with Crippen LogP contribution >= 0.6 is 15.9 Å². The summed E-state index contributed by atoms with van der Waals surface area (Å²) in [7, 11) is 1.98. The van der Waals surface area contributed by atoms with E-state index < -0.39 is 0 Å². The van der Waals surface area contributed by atoms with Crippen molar-refractivity contribution >= 4 is 27.3 Å². The highest BCUT2D eigenvalue weighted by Crippen LogP contribution is 2.30. The van der Waals surface area contributed by atoms with Gasteiger partial charge in [-0.3, -0.25) is 0 Å². The summed E-state index contributed by atoms with van der Waals surface area (Å²) >= 11 is 3.56. The first-order valence-corrected chi connectivity index (χ1v) is 7.11. The van der Waals surface area contributed by atoms with E-state index >= 15 is 0 Å². The molecule has 0 saturated heterocycles. The number of hydrogen-bond acceptors (Lipinski definition) is 3. The van der Waals surface area contributed by atoms with Crippen LogP contribution in [0.2, 0.25) is 0 Å². The Kier molecular flexibility index (Phi) is 4.43. The summed E-state index contributed by atoms with van der Waals surface area (Å²) in [4.78, 5) is 2.04. The standard InChI is InChI=1S/C16H16BrN3/c1-11(19)15-7-6-14(9-16(15)17)20(2)13-5-3-4-12(8-13)10-18/h3-9,11H,19H2,1-2H3. The van der Waals surface area contributed by atoms with Gasteiger partial charge in [0.15, 0.2) is 0 Å². The number of nitrogens with two attached hydrogens (primary N) is 1. The zero-order valence-electron chi connectivity index (χ0n) is 11.5. The third-order valence-corrected chi connectivity index (χ3v) is 3.91. The first kappa shape index (κ1) is 14.6. The van der Waals surface area contributed by atoms with Crippen LogP contribution in [0.1, 0.15) is 24.1 Å². The van der Waals surface area contributed by atoms with Gasteiger partial charge < -0.3 is 10.6 Å². The van der Waals surface area contributed by atoms with Crippen molar-refractivity contribution in [1.29, 1.82) is 5.26 Å². The van der Waals surface area contributed by atoms with Crippen LogP contribution in [0.3, 0.4) is 0 Å². The van der Waals surface area contributed by atoms with Gasteiger partial charge in [0.05, 0.1) is 11.6 Å². The molecule has 2 N–H and O–H groups in total. The van der Waals surface area contributed by atoms with E-state index in [1.54, 1.807) is 6.07 Å². The van der Waals surface area contributed by atoms with E-state index in [9.17, 15) is 0 Å². The maximum absolute atomic E-state index is 8.97. The van der Waals surface area contributed by atoms with E-state index in [0.29, 0.717) is 5.56 Å². The number of rotatable bonds is 3. The Hall–Kier alpha value is -1.83. The number of nitriles is 1. The quantitative estimate of drug-likeness (QED) is 0.921. The normalized spacial score (nSPS) is 11.8. The highest BCUT2D eigenvalue weighted by atomic mass is 79.9. The average molecular weight is 330 g/mol. The Morgan fingerprint density at radius 2 is 1.90 bits per heavy atom. The van der Waals surface area contributed by atoms with Crippen LogP contribution in [0.15, 0.2) is 46.9 Å². The fourth-order valence-electron chi connectivity index (χ4n) is 2.03. The first-order valence-electron chi connectivity index (χ1n) is 6.32. The molecule has 4 heteroatoms. The minimum absolute atomic E-state index is 0.00866. The summed E-state index contributed by atoms with van der Waals surface area (Å²) in [5.74, 6) is 0. The lowest BCUT2D eigenvalue weighted by molar-refractivity contribution is 0.813. The summed E-state index contributed by atoms with van der Waals surface area (Å²) in [6, 6.07) is 15.8. The van der Waals surface area contributed by atoms with Gasteiger partial charge >= 0.3 is 0 Å². The molecule has 1 unspecified atom stereocenters. The lowest BCUT2D eigenvalue weighted by Gasteiger charge is -2.21. The molecule has 0 radical (unpaired) electrons. The van der Waals surface area contributed by atoms with Crippen LogP contribution in [0.5, 0.6) is 0 Å². The van der Waals surface area contributed by atoms with E-state index in [2.05, 4.69) is 22.0 Å². The lowest BCUT2D eigenvalue weighted by Crippen LogP contribution is -2.11. The number of hydrogen-bond donors (Lipinski definition) is 1. The monoisotopic (exact) mass is 329 g/mol. The molecule has 0 aromatic heterocycles. The van der Waals surface area contributed by atoms with Crippen molar-refractivity contribution in [3.05, 3.63) is 58.1 Å². The minimum atomic E-state index is -0.00866. The Labute approximate surface area is 127 Å². The SMILES string of the molecule is CC(N)c1ccc(N(C)c2cccc(C#N)c2)cc1Br. The van der Waals surface area contributed by atoms with Crippen molar-refractivity contribution in [2.24, 2.45) is 5.73 Å². The Balaban J connectivity index is 2.36. The zero-order chi connectivity index (χ0) is 14.7. The molecule has 0 amide bonds. The van der Waals surface area contributed by atoms with Crippen molar-refractivity contribution in [3.8, 4) is 6.07 Å². The second-order valence-corrected chi connectivity index (χ2v) is 5.57. The maximum Gasteiger partial charge on any atom is 0.0992 e. The third-order valence-electron chi connectivity index (χ3n) is 3.22. The largest absolute Gasteiger partial charge is 0.345 e. The fraction of sp³-hybridized carbons (Fsp3) is 0.188. The molecule has 0 aliphatic rings. The van der Waals surface area contributed by atoms with Crippen LogP contribution in [-0.2, 0) is 0 Å². The van der Waals surface area contributed by atoms with E-state index in [1.807, 2.05) is 55.3 Å². The molecule has 2 aromatic carbocycles. The van der Waals surface area contributed by atoms with Gasteiger partial charge in [-0.2, -0.15) is 5.26 Å². The van der Waals surface area contributed by atoms with Crippen LogP contribution < -0.4 is 10.6 Å². The smallest absolute Gasteiger partial charge is 0.0992 e. The van der Waals surface area contributed by atoms with Gasteiger partial charge in [0.25, 0.3) is 0 Å². The summed E-state index contributed by atoms with van der Waals surface area (Å²) in [5, 5.41) is 8.97. The molecule has 1 atom stereocenters. The van der Waals surface area contributed by atoms with Gasteiger partial charge in [-0.25, -0.2) is 0 Å². The molecule has 0 heterocycles. The average Bonchev–Trinajstić information content (AvgIpc) is 2.46. The van der Waals surface area contributed by atoms with Gasteiger partial charge in [0.2, 0.25) is 0 Å². The molecule has 0 aliphatic heterocycles. The van der Waals surface area contributed by atoms with Gasteiger partial charge in [-0.1, -0.05) is 28.1 Å². The van der Waals surface area contributed by atoms with Crippen molar-refractivity contribution < 1.29 is 0 Å². The molecule has 0 saturated carbocycles. The van der Waals surface area contributed by atoms with Gasteiger partial charge in [-0.15, -0.1) is 0 Å². The zero-order valence-corrected chi connectivity index (χ0v) is 13.1. The van der Waals surface area contributed by atoms with Crippen molar-refractivity contribution in [1.82, 2.24) is 0 Å². The molecule has 102 valence electrons. The highest BCUT2D eigenvalue weighted by molar-refractivity contribution is 9.10. The number of anilines is 2. The van der Waals surface area contributed by atoms with Crippen LogP contribution in [-0.4, -0.2) is 7.05 Å². The van der Waals surface area contributed by atoms with Gasteiger partial charge in [-0.05, 0) is 42.8 Å². The lowest BCUT2D eigenvalue weighted by atomic mass is 10.1. The Morgan fingerprint density at radius 1 is 1.20 bits per heavy atom. The molecule has 0 fully saturated rings. The van der Waals surface area contributed by atoms with E-state index in [4.69, 9.17) is 11.0 Å². The molecule has 3 nitrogen and oxygen atoms in total. The molecular formula is C16H16BrN3. The maximum atomic E-state index is 8.97. The van der Waals surface area contributed by atoms with E-state index in [-0.39, 0.29) is 6.04 Å². The topological polar surface area (TPSA) is 53.0 Å². The predicted molar refractivity (Wildman–Crippen MR) is 86.0 cm³/mol. The van der Waals surface area contributed by atoms with E-state index in [0.717, 1.165) is 21.4 Å². The van der Waals surface area contributed by atoms with Crippen molar-refractivity contribution in [2.45, 2.75) is 13.0 Å². The highest BCUT2D eigenvalue weighted by Gasteiger charge is 2.09. The first-order chi connectivity index (χ1) is 9.52. The van der Waals surface area contributed by atoms with Gasteiger partial charge in [0, 0.05) is 28.9 Å². The van der Waals surface area contributed by atoms with E-state index in [1.165, 1.54) is 0 Å². The Bertz CT molecular complexity index is 659. The fourth-order valence-corrected chi connectivity index (χ4v) is 2.75. The number of halogens is 1. The molecule has 0 bridgehead atoms. The predicted octanol–water partition coefficient (Wildman–Crippen LogP) is 4.11.